The number of benzene rings is 2. The van der Waals surface area contributed by atoms with Gasteiger partial charge in [-0.3, -0.25) is 4.79 Å². The molecule has 1 amide bonds. The number of rotatable bonds is 6. The molecule has 0 spiro atoms. The van der Waals surface area contributed by atoms with E-state index in [9.17, 15) is 4.79 Å². The molecule has 1 aliphatic heterocycles. The van der Waals surface area contributed by atoms with Crippen molar-refractivity contribution >= 4 is 35.0 Å². The monoisotopic (exact) mass is 384 g/mol. The normalized spacial score (nSPS) is 15.3. The van der Waals surface area contributed by atoms with Crippen molar-refractivity contribution in [3.8, 4) is 11.5 Å². The summed E-state index contributed by atoms with van der Waals surface area (Å²) in [5.41, 5.74) is 2.70. The van der Waals surface area contributed by atoms with E-state index >= 15 is 0 Å². The molecule has 140 valence electrons. The Bertz CT molecular complexity index is 904. The summed E-state index contributed by atoms with van der Waals surface area (Å²) in [6, 6.07) is 12.6. The van der Waals surface area contributed by atoms with Crippen LogP contribution in [-0.4, -0.2) is 25.3 Å². The van der Waals surface area contributed by atoms with E-state index in [4.69, 9.17) is 21.1 Å². The Hall–Kier alpha value is -2.79. The lowest BCUT2D eigenvalue weighted by Gasteiger charge is -2.12. The summed E-state index contributed by atoms with van der Waals surface area (Å²) in [5, 5.41) is 6.37. The first-order valence-corrected chi connectivity index (χ1v) is 9.09. The summed E-state index contributed by atoms with van der Waals surface area (Å²) in [6.07, 6.45) is 2.73. The van der Waals surface area contributed by atoms with E-state index < -0.39 is 0 Å². The standard InChI is InChI=1S/C21H21ClN2O3/c1-4-11-27-19-10-5-15(13-20(19)26-3)12-18-14(2)23-24(21(18)25)17-8-6-16(22)7-9-17/h5-10,12-13H,4,11H2,1-3H3/b18-12-. The number of hydrogen-bond acceptors (Lipinski definition) is 4. The van der Waals surface area contributed by atoms with Gasteiger partial charge in [0, 0.05) is 5.02 Å². The van der Waals surface area contributed by atoms with Crippen molar-refractivity contribution in [3.63, 3.8) is 0 Å². The number of hydrogen-bond donors (Lipinski definition) is 0. The van der Waals surface area contributed by atoms with Gasteiger partial charge in [0.1, 0.15) is 0 Å². The largest absolute Gasteiger partial charge is 0.493 e. The molecule has 27 heavy (non-hydrogen) atoms. The second-order valence-electron chi connectivity index (χ2n) is 6.10. The molecule has 3 rings (SSSR count). The summed E-state index contributed by atoms with van der Waals surface area (Å²) in [4.78, 5) is 12.8. The highest BCUT2D eigenvalue weighted by Crippen LogP contribution is 2.31. The predicted octanol–water partition coefficient (Wildman–Crippen LogP) is 4.94. The van der Waals surface area contributed by atoms with Gasteiger partial charge in [-0.2, -0.15) is 10.1 Å². The van der Waals surface area contributed by atoms with Crippen molar-refractivity contribution in [1.29, 1.82) is 0 Å². The minimum atomic E-state index is -0.180. The molecule has 0 atom stereocenters. The second-order valence-corrected chi connectivity index (χ2v) is 6.53. The minimum Gasteiger partial charge on any atom is -0.493 e. The van der Waals surface area contributed by atoms with Crippen LogP contribution < -0.4 is 14.5 Å². The van der Waals surface area contributed by atoms with E-state index in [0.29, 0.717) is 40.1 Å². The van der Waals surface area contributed by atoms with Gasteiger partial charge in [-0.25, -0.2) is 0 Å². The summed E-state index contributed by atoms with van der Waals surface area (Å²) >= 11 is 5.92. The van der Waals surface area contributed by atoms with Crippen molar-refractivity contribution in [2.45, 2.75) is 20.3 Å². The van der Waals surface area contributed by atoms with Gasteiger partial charge >= 0.3 is 0 Å². The molecular formula is C21H21ClN2O3. The number of amides is 1. The summed E-state index contributed by atoms with van der Waals surface area (Å²) in [6.45, 7) is 4.48. The van der Waals surface area contributed by atoms with E-state index in [0.717, 1.165) is 12.0 Å². The molecule has 0 N–H and O–H groups in total. The van der Waals surface area contributed by atoms with Crippen LogP contribution in [0.1, 0.15) is 25.8 Å². The minimum absolute atomic E-state index is 0.180. The van der Waals surface area contributed by atoms with Crippen molar-refractivity contribution in [2.75, 3.05) is 18.7 Å². The fraction of sp³-hybridized carbons (Fsp3) is 0.238. The zero-order valence-corrected chi connectivity index (χ0v) is 16.3. The first-order chi connectivity index (χ1) is 13.0. The fourth-order valence-electron chi connectivity index (χ4n) is 2.71. The fourth-order valence-corrected chi connectivity index (χ4v) is 2.84. The van der Waals surface area contributed by atoms with E-state index in [1.807, 2.05) is 38.1 Å². The van der Waals surface area contributed by atoms with Gasteiger partial charge in [-0.15, -0.1) is 0 Å². The average Bonchev–Trinajstić information content (AvgIpc) is 2.95. The van der Waals surface area contributed by atoms with Crippen LogP contribution in [0.25, 0.3) is 6.08 Å². The Labute approximate surface area is 163 Å². The van der Waals surface area contributed by atoms with E-state index in [1.54, 1.807) is 31.4 Å². The maximum atomic E-state index is 12.8. The first kappa shape index (κ1) is 19.0. The maximum Gasteiger partial charge on any atom is 0.280 e. The lowest BCUT2D eigenvalue weighted by atomic mass is 10.1. The Morgan fingerprint density at radius 3 is 2.56 bits per heavy atom. The zero-order chi connectivity index (χ0) is 19.4. The maximum absolute atomic E-state index is 12.8. The summed E-state index contributed by atoms with van der Waals surface area (Å²) in [7, 11) is 1.60. The van der Waals surface area contributed by atoms with Gasteiger partial charge in [0.05, 0.1) is 30.7 Å². The number of nitrogens with zero attached hydrogens (tertiary/aromatic N) is 2. The highest BCUT2D eigenvalue weighted by Gasteiger charge is 2.28. The molecule has 6 heteroatoms. The van der Waals surface area contributed by atoms with Crippen LogP contribution in [0.15, 0.2) is 53.1 Å². The molecular weight excluding hydrogens is 364 g/mol. The molecule has 0 saturated heterocycles. The Kier molecular flexibility index (Phi) is 5.81. The average molecular weight is 385 g/mol. The highest BCUT2D eigenvalue weighted by molar-refractivity contribution is 6.32. The van der Waals surface area contributed by atoms with Crippen LogP contribution in [0.4, 0.5) is 5.69 Å². The van der Waals surface area contributed by atoms with Crippen LogP contribution >= 0.6 is 11.6 Å². The van der Waals surface area contributed by atoms with E-state index in [1.165, 1.54) is 5.01 Å². The lowest BCUT2D eigenvalue weighted by molar-refractivity contribution is -0.114. The molecule has 1 heterocycles. The molecule has 0 radical (unpaired) electrons. The zero-order valence-electron chi connectivity index (χ0n) is 15.5. The van der Waals surface area contributed by atoms with Gasteiger partial charge in [0.15, 0.2) is 11.5 Å². The van der Waals surface area contributed by atoms with Gasteiger partial charge in [-0.05, 0) is 61.4 Å². The first-order valence-electron chi connectivity index (χ1n) is 8.71. The van der Waals surface area contributed by atoms with Gasteiger partial charge in [-0.1, -0.05) is 24.6 Å². The molecule has 0 unspecified atom stereocenters. The van der Waals surface area contributed by atoms with Crippen LogP contribution in [0.2, 0.25) is 5.02 Å². The van der Waals surface area contributed by atoms with E-state index in [-0.39, 0.29) is 5.91 Å². The Morgan fingerprint density at radius 1 is 1.15 bits per heavy atom. The molecule has 0 aromatic heterocycles. The molecule has 5 nitrogen and oxygen atoms in total. The van der Waals surface area contributed by atoms with Crippen LogP contribution in [0.5, 0.6) is 11.5 Å². The van der Waals surface area contributed by atoms with Gasteiger partial charge in [0.25, 0.3) is 5.91 Å². The van der Waals surface area contributed by atoms with E-state index in [2.05, 4.69) is 5.10 Å². The van der Waals surface area contributed by atoms with Crippen LogP contribution in [0.3, 0.4) is 0 Å². The summed E-state index contributed by atoms with van der Waals surface area (Å²) < 4.78 is 11.1. The van der Waals surface area contributed by atoms with Gasteiger partial charge < -0.3 is 9.47 Å². The molecule has 0 saturated carbocycles. The van der Waals surface area contributed by atoms with Crippen molar-refractivity contribution in [2.24, 2.45) is 5.10 Å². The highest BCUT2D eigenvalue weighted by atomic mass is 35.5. The third-order valence-electron chi connectivity index (χ3n) is 4.09. The van der Waals surface area contributed by atoms with Crippen LogP contribution in [0, 0.1) is 0 Å². The van der Waals surface area contributed by atoms with Crippen LogP contribution in [-0.2, 0) is 4.79 Å². The third kappa shape index (κ3) is 4.14. The number of anilines is 1. The number of carbonyl (C=O) groups is 1. The number of ether oxygens (including phenoxy) is 2. The molecule has 0 aliphatic carbocycles. The predicted molar refractivity (Wildman–Crippen MR) is 109 cm³/mol. The quantitative estimate of drug-likeness (QED) is 0.662. The van der Waals surface area contributed by atoms with Crippen molar-refractivity contribution in [3.05, 3.63) is 58.6 Å². The molecule has 1 aliphatic rings. The van der Waals surface area contributed by atoms with Gasteiger partial charge in [0.2, 0.25) is 0 Å². The number of hydrazone groups is 1. The third-order valence-corrected chi connectivity index (χ3v) is 4.35. The number of carbonyl (C=O) groups excluding carboxylic acids is 1. The lowest BCUT2D eigenvalue weighted by Crippen LogP contribution is -2.21. The molecule has 0 bridgehead atoms. The smallest absolute Gasteiger partial charge is 0.280 e. The second kappa shape index (κ2) is 8.27. The molecule has 0 fully saturated rings. The van der Waals surface area contributed by atoms with Crippen molar-refractivity contribution < 1.29 is 14.3 Å². The molecule has 2 aromatic rings. The molecule has 2 aromatic carbocycles. The summed E-state index contributed by atoms with van der Waals surface area (Å²) in [5.74, 6) is 1.14. The Morgan fingerprint density at radius 2 is 1.89 bits per heavy atom. The topological polar surface area (TPSA) is 51.1 Å². The van der Waals surface area contributed by atoms with Crippen molar-refractivity contribution in [1.82, 2.24) is 0 Å². The Balaban J connectivity index is 1.88. The number of halogens is 1. The SMILES string of the molecule is CCCOc1ccc(/C=C2\C(=O)N(c3ccc(Cl)cc3)N=C2C)cc1OC. The number of methoxy groups -OCH3 is 1.